The Morgan fingerprint density at radius 3 is 2.33 bits per heavy atom. The minimum atomic E-state index is -0.896. The number of carbonyl (C=O) groups is 1. The molecule has 1 N–H and O–H groups in total. The summed E-state index contributed by atoms with van der Waals surface area (Å²) in [6.07, 6.45) is 2.06. The highest BCUT2D eigenvalue weighted by Gasteiger charge is 2.18. The van der Waals surface area contributed by atoms with Crippen LogP contribution in [0.15, 0.2) is 95.8 Å². The summed E-state index contributed by atoms with van der Waals surface area (Å²) >= 11 is 6.50. The summed E-state index contributed by atoms with van der Waals surface area (Å²) in [4.78, 5) is 24.9. The van der Waals surface area contributed by atoms with Gasteiger partial charge in [-0.1, -0.05) is 71.8 Å². The van der Waals surface area contributed by atoms with E-state index < -0.39 is 5.97 Å². The summed E-state index contributed by atoms with van der Waals surface area (Å²) in [5.41, 5.74) is 5.90. The molecule has 42 heavy (non-hydrogen) atoms. The predicted molar refractivity (Wildman–Crippen MR) is 165 cm³/mol. The lowest BCUT2D eigenvalue weighted by molar-refractivity contribution is -0.136. The van der Waals surface area contributed by atoms with E-state index in [0.717, 1.165) is 35.1 Å². The van der Waals surface area contributed by atoms with Crippen LogP contribution in [0.3, 0.4) is 0 Å². The second-order valence-corrected chi connectivity index (χ2v) is 10.5. The third-order valence-electron chi connectivity index (χ3n) is 7.07. The molecule has 7 nitrogen and oxygen atoms in total. The van der Waals surface area contributed by atoms with Crippen LogP contribution in [0.2, 0.25) is 5.02 Å². The first-order valence-corrected chi connectivity index (χ1v) is 14.3. The molecule has 8 heteroatoms. The van der Waals surface area contributed by atoms with Crippen molar-refractivity contribution < 1.29 is 14.6 Å². The van der Waals surface area contributed by atoms with Crippen LogP contribution in [0, 0.1) is 6.92 Å². The van der Waals surface area contributed by atoms with Crippen molar-refractivity contribution in [1.82, 2.24) is 14.3 Å². The molecular weight excluding hydrogens is 550 g/mol. The molecule has 0 radical (unpaired) electrons. The molecule has 0 bridgehead atoms. The van der Waals surface area contributed by atoms with E-state index in [1.165, 1.54) is 4.68 Å². The number of nitrogens with zero attached hydrogens (tertiary/aromatic N) is 3. The number of aryl methyl sites for hydroxylation is 3. The van der Waals surface area contributed by atoms with Crippen LogP contribution in [-0.4, -0.2) is 32.0 Å². The molecule has 5 rings (SSSR count). The van der Waals surface area contributed by atoms with Crippen molar-refractivity contribution in [3.63, 3.8) is 0 Å². The molecule has 0 aliphatic heterocycles. The van der Waals surface area contributed by atoms with E-state index in [9.17, 15) is 14.7 Å². The van der Waals surface area contributed by atoms with Gasteiger partial charge >= 0.3 is 11.7 Å². The molecule has 0 spiro atoms. The first-order valence-electron chi connectivity index (χ1n) is 13.9. The molecule has 5 aromatic rings. The zero-order valence-electron chi connectivity index (χ0n) is 23.6. The highest BCUT2D eigenvalue weighted by Crippen LogP contribution is 2.28. The Labute approximate surface area is 249 Å². The van der Waals surface area contributed by atoms with Gasteiger partial charge in [-0.3, -0.25) is 4.79 Å². The van der Waals surface area contributed by atoms with Crippen molar-refractivity contribution in [2.24, 2.45) is 0 Å². The lowest BCUT2D eigenvalue weighted by atomic mass is 9.98. The molecule has 4 aromatic carbocycles. The molecule has 1 aromatic heterocycles. The number of hydrogen-bond acceptors (Lipinski definition) is 4. The molecule has 0 amide bonds. The minimum absolute atomic E-state index is 0.0970. The molecule has 0 atom stereocenters. The Balaban J connectivity index is 1.35. The second kappa shape index (κ2) is 12.9. The summed E-state index contributed by atoms with van der Waals surface area (Å²) in [6, 6.07) is 28.9. The van der Waals surface area contributed by atoms with Crippen molar-refractivity contribution >= 4 is 17.6 Å². The number of aromatic nitrogens is 3. The number of rotatable bonds is 11. The zero-order valence-corrected chi connectivity index (χ0v) is 24.3. The van der Waals surface area contributed by atoms with Gasteiger partial charge in [-0.25, -0.2) is 9.36 Å². The van der Waals surface area contributed by atoms with Crippen LogP contribution in [0.5, 0.6) is 5.75 Å². The second-order valence-electron chi connectivity index (χ2n) is 10.1. The highest BCUT2D eigenvalue weighted by atomic mass is 35.5. The van der Waals surface area contributed by atoms with E-state index in [1.807, 2.05) is 86.6 Å². The molecule has 214 valence electrons. The Morgan fingerprint density at radius 1 is 0.929 bits per heavy atom. The average molecular weight is 582 g/mol. The third-order valence-corrected chi connectivity index (χ3v) is 7.39. The van der Waals surface area contributed by atoms with E-state index in [1.54, 1.807) is 10.6 Å². The third kappa shape index (κ3) is 6.47. The number of hydrogen-bond donors (Lipinski definition) is 1. The number of para-hydroxylation sites is 1. The number of ether oxygens (including phenoxy) is 1. The number of carboxylic acid groups (broad SMARTS) is 1. The zero-order chi connectivity index (χ0) is 29.6. The van der Waals surface area contributed by atoms with Crippen LogP contribution in [-0.2, 0) is 24.1 Å². The van der Waals surface area contributed by atoms with E-state index >= 15 is 0 Å². The van der Waals surface area contributed by atoms with Gasteiger partial charge < -0.3 is 9.84 Å². The monoisotopic (exact) mass is 581 g/mol. The van der Waals surface area contributed by atoms with Crippen LogP contribution in [0.1, 0.15) is 35.9 Å². The molecule has 0 aliphatic rings. The van der Waals surface area contributed by atoms with Gasteiger partial charge in [0.15, 0.2) is 0 Å². The van der Waals surface area contributed by atoms with Gasteiger partial charge in [-0.2, -0.15) is 4.68 Å². The quantitative estimate of drug-likeness (QED) is 0.184. The summed E-state index contributed by atoms with van der Waals surface area (Å²) in [6.45, 7) is 4.35. The topological polar surface area (TPSA) is 86.4 Å². The summed E-state index contributed by atoms with van der Waals surface area (Å²) in [5, 5.41) is 14.5. The van der Waals surface area contributed by atoms with Gasteiger partial charge in [0.05, 0.1) is 29.4 Å². The SMILES string of the molecule is CCOc1ccc(-c2ccc(CCCc3nn(-c4ccc(C)cc4)c(=O)n3-c3ccccc3Cl)cc2)cc1CC(=O)O. The van der Waals surface area contributed by atoms with Crippen molar-refractivity contribution in [2.45, 2.75) is 39.5 Å². The van der Waals surface area contributed by atoms with E-state index in [2.05, 4.69) is 12.1 Å². The Morgan fingerprint density at radius 2 is 1.64 bits per heavy atom. The molecule has 1 heterocycles. The van der Waals surface area contributed by atoms with Gasteiger partial charge in [0.25, 0.3) is 0 Å². The molecule has 0 saturated heterocycles. The highest BCUT2D eigenvalue weighted by molar-refractivity contribution is 6.32. The lowest BCUT2D eigenvalue weighted by Crippen LogP contribution is -2.23. The Hall–Kier alpha value is -4.62. The summed E-state index contributed by atoms with van der Waals surface area (Å²) in [5.74, 6) is 0.345. The summed E-state index contributed by atoms with van der Waals surface area (Å²) < 4.78 is 8.65. The normalized spacial score (nSPS) is 11.0. The number of aliphatic carboxylic acids is 1. The first kappa shape index (κ1) is 28.9. The number of carboxylic acids is 1. The number of benzene rings is 4. The first-order chi connectivity index (χ1) is 20.3. The van der Waals surface area contributed by atoms with E-state index in [-0.39, 0.29) is 12.1 Å². The molecule has 0 saturated carbocycles. The van der Waals surface area contributed by atoms with Crippen LogP contribution in [0.25, 0.3) is 22.5 Å². The van der Waals surface area contributed by atoms with Gasteiger partial charge in [-0.15, -0.1) is 5.10 Å². The molecular formula is C34H32ClN3O4. The maximum Gasteiger partial charge on any atom is 0.355 e. The number of halogens is 1. The maximum absolute atomic E-state index is 13.5. The molecule has 0 aliphatic carbocycles. The van der Waals surface area contributed by atoms with E-state index in [0.29, 0.717) is 46.6 Å². The van der Waals surface area contributed by atoms with Crippen LogP contribution in [0.4, 0.5) is 0 Å². The fourth-order valence-corrected chi connectivity index (χ4v) is 5.19. The lowest BCUT2D eigenvalue weighted by Gasteiger charge is -2.12. The standard InChI is InChI=1S/C34H32ClN3O4/c1-3-42-31-20-17-26(21-27(31)22-33(39)40)25-15-13-24(14-16-25)7-6-10-32-36-38(28-18-11-23(2)12-19-28)34(41)37(32)30-9-5-4-8-29(30)35/h4-5,8-9,11-21H,3,6-7,10,22H2,1-2H3,(H,39,40). The van der Waals surface area contributed by atoms with Crippen LogP contribution >= 0.6 is 11.6 Å². The minimum Gasteiger partial charge on any atom is -0.494 e. The molecule has 0 unspecified atom stereocenters. The van der Waals surface area contributed by atoms with Crippen molar-refractivity contribution in [3.05, 3.63) is 129 Å². The fraction of sp³-hybridized carbons (Fsp3) is 0.206. The van der Waals surface area contributed by atoms with Gasteiger partial charge in [0, 0.05) is 12.0 Å². The smallest absolute Gasteiger partial charge is 0.355 e. The average Bonchev–Trinajstić information content (AvgIpc) is 3.30. The van der Waals surface area contributed by atoms with Gasteiger partial charge in [0.2, 0.25) is 0 Å². The largest absolute Gasteiger partial charge is 0.494 e. The van der Waals surface area contributed by atoms with Crippen molar-refractivity contribution in [1.29, 1.82) is 0 Å². The summed E-state index contributed by atoms with van der Waals surface area (Å²) in [7, 11) is 0. The van der Waals surface area contributed by atoms with Gasteiger partial charge in [0.1, 0.15) is 11.6 Å². The van der Waals surface area contributed by atoms with Crippen LogP contribution < -0.4 is 10.4 Å². The fourth-order valence-electron chi connectivity index (χ4n) is 4.97. The Bertz CT molecular complexity index is 1760. The van der Waals surface area contributed by atoms with Gasteiger partial charge in [-0.05, 0) is 79.8 Å². The van der Waals surface area contributed by atoms with Crippen molar-refractivity contribution in [2.75, 3.05) is 6.61 Å². The predicted octanol–water partition coefficient (Wildman–Crippen LogP) is 6.85. The maximum atomic E-state index is 13.5. The van der Waals surface area contributed by atoms with Crippen molar-refractivity contribution in [3.8, 4) is 28.3 Å². The van der Waals surface area contributed by atoms with E-state index in [4.69, 9.17) is 21.4 Å². The Kier molecular flexibility index (Phi) is 8.88. The molecule has 0 fully saturated rings.